The Bertz CT molecular complexity index is 1870. The summed E-state index contributed by atoms with van der Waals surface area (Å²) in [5.41, 5.74) is 8.66. The monoisotopic (exact) mass is 619 g/mol. The van der Waals surface area contributed by atoms with Gasteiger partial charge in [0.25, 0.3) is 0 Å². The third kappa shape index (κ3) is 5.41. The fraction of sp³-hybridized carbons (Fsp3) is 0.433. The summed E-state index contributed by atoms with van der Waals surface area (Å²) in [6, 6.07) is 10.3. The lowest BCUT2D eigenvalue weighted by molar-refractivity contribution is 0.111. The molecule has 224 valence electrons. The Morgan fingerprint density at radius 3 is 2.67 bits per heavy atom. The van der Waals surface area contributed by atoms with E-state index in [9.17, 15) is 13.7 Å². The highest BCUT2D eigenvalue weighted by molar-refractivity contribution is 7.90. The molecule has 1 saturated heterocycles. The molecule has 13 heteroatoms. The molecule has 43 heavy (non-hydrogen) atoms. The van der Waals surface area contributed by atoms with Gasteiger partial charge in [0, 0.05) is 48.4 Å². The van der Waals surface area contributed by atoms with Crippen molar-refractivity contribution in [2.75, 3.05) is 28.8 Å². The standard InChI is InChI=1S/C30H34ClN9O2S/c1-17(2)19-5-6-23(39-13-18(28(39)33)15-43(4,41)42)21-12-35-26(11-20(19)21)36-25-8-10-34-29(37-25)22-14-40(38-27(22)31)24-7-9-30(24,3)16-32/h5-6,8,10-12,14,17-18,24,28H,7,9,13,15,33H2,1-4H3,(H,34,35,36,37)/t18-,24?,28+,30?/m1/s1. The fourth-order valence-corrected chi connectivity index (χ4v) is 7.40. The van der Waals surface area contributed by atoms with Crippen LogP contribution in [-0.2, 0) is 9.84 Å². The summed E-state index contributed by atoms with van der Waals surface area (Å²) in [5.74, 6) is 1.80. The van der Waals surface area contributed by atoms with Gasteiger partial charge in [-0.05, 0) is 54.8 Å². The van der Waals surface area contributed by atoms with E-state index in [0.717, 1.165) is 34.9 Å². The third-order valence-electron chi connectivity index (χ3n) is 8.72. The molecule has 0 spiro atoms. The number of halogens is 1. The molecule has 4 aromatic rings. The van der Waals surface area contributed by atoms with Gasteiger partial charge in [0.1, 0.15) is 21.5 Å². The predicted octanol–water partition coefficient (Wildman–Crippen LogP) is 5.04. The number of rotatable bonds is 8. The number of anilines is 3. The number of pyridine rings is 1. The van der Waals surface area contributed by atoms with Gasteiger partial charge in [-0.3, -0.25) is 4.68 Å². The van der Waals surface area contributed by atoms with Crippen LogP contribution in [0.5, 0.6) is 0 Å². The average Bonchev–Trinajstić information content (AvgIpc) is 3.33. The summed E-state index contributed by atoms with van der Waals surface area (Å²) in [6.45, 7) is 6.80. The van der Waals surface area contributed by atoms with Gasteiger partial charge in [0.05, 0.1) is 35.0 Å². The van der Waals surface area contributed by atoms with E-state index in [0.29, 0.717) is 29.6 Å². The van der Waals surface area contributed by atoms with Gasteiger partial charge in [-0.2, -0.15) is 10.4 Å². The highest BCUT2D eigenvalue weighted by Gasteiger charge is 2.45. The van der Waals surface area contributed by atoms with Crippen molar-refractivity contribution in [1.82, 2.24) is 24.7 Å². The van der Waals surface area contributed by atoms with Crippen LogP contribution >= 0.6 is 11.6 Å². The average molecular weight is 620 g/mol. The fourth-order valence-electron chi connectivity index (χ4n) is 6.10. The molecule has 11 nitrogen and oxygen atoms in total. The Kier molecular flexibility index (Phi) is 7.31. The third-order valence-corrected chi connectivity index (χ3v) is 10.0. The number of fused-ring (bicyclic) bond motifs is 1. The van der Waals surface area contributed by atoms with Crippen LogP contribution in [-0.4, -0.2) is 57.9 Å². The minimum absolute atomic E-state index is 0.0386. The number of hydrogen-bond donors (Lipinski definition) is 2. The number of nitrogens with one attached hydrogen (secondary N) is 1. The first-order valence-electron chi connectivity index (χ1n) is 14.3. The van der Waals surface area contributed by atoms with Gasteiger partial charge >= 0.3 is 0 Å². The Morgan fingerprint density at radius 1 is 1.23 bits per heavy atom. The minimum Gasteiger partial charge on any atom is -0.355 e. The quantitative estimate of drug-likeness (QED) is 0.274. The highest BCUT2D eigenvalue weighted by atomic mass is 35.5. The maximum Gasteiger partial charge on any atom is 0.166 e. The van der Waals surface area contributed by atoms with Crippen LogP contribution < -0.4 is 16.0 Å². The molecular weight excluding hydrogens is 586 g/mol. The van der Waals surface area contributed by atoms with Gasteiger partial charge in [-0.1, -0.05) is 31.5 Å². The Balaban J connectivity index is 1.28. The molecule has 1 aromatic carbocycles. The van der Waals surface area contributed by atoms with Crippen molar-refractivity contribution >= 4 is 49.5 Å². The maximum absolute atomic E-state index is 11.8. The van der Waals surface area contributed by atoms with Crippen LogP contribution in [0, 0.1) is 22.7 Å². The largest absolute Gasteiger partial charge is 0.355 e. The Morgan fingerprint density at radius 2 is 2.02 bits per heavy atom. The molecule has 1 saturated carbocycles. The molecule has 3 aromatic heterocycles. The number of nitrogens with two attached hydrogens (primary N) is 1. The SMILES string of the molecule is CC(C)c1ccc(N2C[C@H](CS(C)(=O)=O)[C@H]2N)c2cnc(Nc3ccnc(-c4cn(C5CCC5(C)C#N)nc4Cl)n3)cc12. The van der Waals surface area contributed by atoms with Crippen molar-refractivity contribution in [1.29, 1.82) is 5.26 Å². The number of sulfone groups is 1. The lowest BCUT2D eigenvalue weighted by Crippen LogP contribution is -2.63. The zero-order valence-electron chi connectivity index (χ0n) is 24.5. The van der Waals surface area contributed by atoms with Gasteiger partial charge in [-0.25, -0.2) is 23.4 Å². The number of nitriles is 1. The molecule has 1 aliphatic heterocycles. The Labute approximate surface area is 256 Å². The summed E-state index contributed by atoms with van der Waals surface area (Å²) in [4.78, 5) is 15.8. The zero-order chi connectivity index (χ0) is 30.7. The normalized spacial score (nSPS) is 23.6. The lowest BCUT2D eigenvalue weighted by atomic mass is 9.67. The van der Waals surface area contributed by atoms with E-state index in [2.05, 4.69) is 46.4 Å². The molecule has 4 heterocycles. The molecule has 2 aliphatic rings. The van der Waals surface area contributed by atoms with Gasteiger partial charge < -0.3 is 16.0 Å². The molecule has 1 aliphatic carbocycles. The van der Waals surface area contributed by atoms with E-state index in [-0.39, 0.29) is 34.9 Å². The van der Waals surface area contributed by atoms with Crippen LogP contribution in [0.1, 0.15) is 51.1 Å². The van der Waals surface area contributed by atoms with E-state index in [1.165, 1.54) is 6.26 Å². The zero-order valence-corrected chi connectivity index (χ0v) is 26.1. The first-order chi connectivity index (χ1) is 20.4. The molecule has 4 atom stereocenters. The molecule has 2 fully saturated rings. The summed E-state index contributed by atoms with van der Waals surface area (Å²) < 4.78 is 25.4. The van der Waals surface area contributed by atoms with Crippen molar-refractivity contribution in [2.24, 2.45) is 17.1 Å². The van der Waals surface area contributed by atoms with Gasteiger partial charge in [0.2, 0.25) is 0 Å². The smallest absolute Gasteiger partial charge is 0.166 e. The first-order valence-corrected chi connectivity index (χ1v) is 16.7. The van der Waals surface area contributed by atoms with Crippen molar-refractivity contribution in [3.63, 3.8) is 0 Å². The van der Waals surface area contributed by atoms with Gasteiger partial charge in [-0.15, -0.1) is 0 Å². The molecule has 3 N–H and O–H groups in total. The van der Waals surface area contributed by atoms with Gasteiger partial charge in [0.15, 0.2) is 11.0 Å². The minimum atomic E-state index is -3.11. The van der Waals surface area contributed by atoms with Crippen LogP contribution in [0.4, 0.5) is 17.3 Å². The number of aromatic nitrogens is 5. The summed E-state index contributed by atoms with van der Waals surface area (Å²) in [7, 11) is -3.11. The first kappa shape index (κ1) is 29.3. The molecule has 0 bridgehead atoms. The Hall–Kier alpha value is -3.79. The lowest BCUT2D eigenvalue weighted by Gasteiger charge is -2.47. The van der Waals surface area contributed by atoms with E-state index in [1.807, 2.05) is 36.4 Å². The van der Waals surface area contributed by atoms with E-state index >= 15 is 0 Å². The van der Waals surface area contributed by atoms with E-state index in [4.69, 9.17) is 22.3 Å². The van der Waals surface area contributed by atoms with Crippen molar-refractivity contribution in [3.8, 4) is 17.5 Å². The second-order valence-electron chi connectivity index (χ2n) is 12.2. The molecule has 0 amide bonds. The summed E-state index contributed by atoms with van der Waals surface area (Å²) in [5, 5.41) is 19.6. The maximum atomic E-state index is 11.8. The summed E-state index contributed by atoms with van der Waals surface area (Å²) in [6.07, 6.45) is 7.84. The second kappa shape index (κ2) is 10.7. The van der Waals surface area contributed by atoms with Crippen LogP contribution in [0.2, 0.25) is 5.15 Å². The van der Waals surface area contributed by atoms with Crippen molar-refractivity contribution in [3.05, 3.63) is 53.6 Å². The number of hydrogen-bond acceptors (Lipinski definition) is 10. The molecule has 0 radical (unpaired) electrons. The van der Waals surface area contributed by atoms with Crippen molar-refractivity contribution < 1.29 is 8.42 Å². The van der Waals surface area contributed by atoms with E-state index < -0.39 is 15.3 Å². The van der Waals surface area contributed by atoms with E-state index in [1.54, 1.807) is 16.9 Å². The predicted molar refractivity (Wildman–Crippen MR) is 168 cm³/mol. The van der Waals surface area contributed by atoms with Crippen LogP contribution in [0.25, 0.3) is 22.2 Å². The number of nitrogens with zero attached hydrogens (tertiary/aromatic N) is 7. The number of benzene rings is 1. The van der Waals surface area contributed by atoms with Crippen LogP contribution in [0.15, 0.2) is 42.9 Å². The molecule has 2 unspecified atom stereocenters. The van der Waals surface area contributed by atoms with Crippen molar-refractivity contribution in [2.45, 2.75) is 51.7 Å². The molecule has 6 rings (SSSR count). The second-order valence-corrected chi connectivity index (χ2v) is 14.8. The summed E-state index contributed by atoms with van der Waals surface area (Å²) >= 11 is 6.50. The molecular formula is C30H34ClN9O2S. The highest BCUT2D eigenvalue weighted by Crippen LogP contribution is 2.49. The topological polar surface area (TPSA) is 156 Å². The van der Waals surface area contributed by atoms with Crippen LogP contribution in [0.3, 0.4) is 0 Å².